The molecule has 0 bridgehead atoms. The lowest BCUT2D eigenvalue weighted by atomic mass is 10.1. The molecule has 0 aliphatic heterocycles. The molecule has 0 aliphatic rings. The summed E-state index contributed by atoms with van der Waals surface area (Å²) >= 11 is 0. The first-order chi connectivity index (χ1) is 12.4. The summed E-state index contributed by atoms with van der Waals surface area (Å²) in [4.78, 5) is 35.4. The fraction of sp³-hybridized carbons (Fsp3) is 0.526. The second-order valence-electron chi connectivity index (χ2n) is 7.77. The van der Waals surface area contributed by atoms with E-state index >= 15 is 0 Å². The third-order valence-corrected chi connectivity index (χ3v) is 3.41. The SMILES string of the molecule is CC(C)(NC(=O)N[C@H](CCc1ccccc1)C(=O)O)NC(=O)OC(C)(C)C. The van der Waals surface area contributed by atoms with Crippen LogP contribution in [0.25, 0.3) is 0 Å². The minimum atomic E-state index is -1.13. The zero-order valence-corrected chi connectivity index (χ0v) is 16.5. The summed E-state index contributed by atoms with van der Waals surface area (Å²) in [5.41, 5.74) is -0.818. The molecule has 0 unspecified atom stereocenters. The zero-order valence-electron chi connectivity index (χ0n) is 16.5. The third kappa shape index (κ3) is 9.48. The van der Waals surface area contributed by atoms with Crippen molar-refractivity contribution < 1.29 is 24.2 Å². The molecule has 1 rings (SSSR count). The van der Waals surface area contributed by atoms with Crippen LogP contribution < -0.4 is 16.0 Å². The first-order valence-corrected chi connectivity index (χ1v) is 8.74. The Hall–Kier alpha value is -2.77. The molecule has 1 aromatic rings. The highest BCUT2D eigenvalue weighted by atomic mass is 16.6. The summed E-state index contributed by atoms with van der Waals surface area (Å²) in [5, 5.41) is 16.8. The Labute approximate surface area is 159 Å². The van der Waals surface area contributed by atoms with Gasteiger partial charge < -0.3 is 20.5 Å². The number of aryl methyl sites for hydroxylation is 1. The molecule has 0 aromatic heterocycles. The van der Waals surface area contributed by atoms with Crippen LogP contribution >= 0.6 is 0 Å². The van der Waals surface area contributed by atoms with Crippen LogP contribution in [0.1, 0.15) is 46.6 Å². The number of nitrogens with one attached hydrogen (secondary N) is 3. The molecule has 0 radical (unpaired) electrons. The molecule has 1 atom stereocenters. The van der Waals surface area contributed by atoms with Gasteiger partial charge in [-0.15, -0.1) is 0 Å². The van der Waals surface area contributed by atoms with Crippen LogP contribution in [-0.2, 0) is 16.0 Å². The number of carboxylic acids is 1. The number of carbonyl (C=O) groups excluding carboxylic acids is 2. The third-order valence-electron chi connectivity index (χ3n) is 3.41. The molecular weight excluding hydrogens is 350 g/mol. The number of ether oxygens (including phenoxy) is 1. The number of carboxylic acid groups (broad SMARTS) is 1. The molecule has 3 amide bonds. The van der Waals surface area contributed by atoms with Gasteiger partial charge in [0, 0.05) is 0 Å². The number of aliphatic carboxylic acids is 1. The van der Waals surface area contributed by atoms with Gasteiger partial charge in [-0.05, 0) is 53.0 Å². The van der Waals surface area contributed by atoms with Crippen molar-refractivity contribution in [1.82, 2.24) is 16.0 Å². The minimum Gasteiger partial charge on any atom is -0.480 e. The topological polar surface area (TPSA) is 117 Å². The second kappa shape index (κ2) is 9.25. The summed E-state index contributed by atoms with van der Waals surface area (Å²) in [5.74, 6) is -1.13. The number of alkyl carbamates (subject to hydrolysis) is 1. The fourth-order valence-corrected chi connectivity index (χ4v) is 2.28. The monoisotopic (exact) mass is 379 g/mol. The Balaban J connectivity index is 2.57. The van der Waals surface area contributed by atoms with E-state index in [0.29, 0.717) is 6.42 Å². The van der Waals surface area contributed by atoms with Gasteiger partial charge in [-0.3, -0.25) is 5.32 Å². The Kier molecular flexibility index (Phi) is 7.63. The van der Waals surface area contributed by atoms with Crippen LogP contribution in [0, 0.1) is 0 Å². The Morgan fingerprint density at radius 2 is 1.63 bits per heavy atom. The Bertz CT molecular complexity index is 653. The van der Waals surface area contributed by atoms with Crippen molar-refractivity contribution in [2.45, 2.75) is 64.8 Å². The fourth-order valence-electron chi connectivity index (χ4n) is 2.28. The predicted octanol–water partition coefficient (Wildman–Crippen LogP) is 2.63. The quantitative estimate of drug-likeness (QED) is 0.543. The average Bonchev–Trinajstić information content (AvgIpc) is 2.48. The molecule has 150 valence electrons. The van der Waals surface area contributed by atoms with Crippen molar-refractivity contribution in [3.8, 4) is 0 Å². The van der Waals surface area contributed by atoms with Gasteiger partial charge in [0.05, 0.1) is 0 Å². The van der Waals surface area contributed by atoms with E-state index in [4.69, 9.17) is 4.74 Å². The standard InChI is InChI=1S/C19H29N3O5/c1-18(2,3)27-17(26)22-19(4,5)21-16(25)20-14(15(23)24)12-11-13-9-7-6-8-10-13/h6-10,14H,11-12H2,1-5H3,(H,22,26)(H,23,24)(H2,20,21,25)/t14-/m1/s1. The van der Waals surface area contributed by atoms with Gasteiger partial charge in [0.25, 0.3) is 0 Å². The van der Waals surface area contributed by atoms with E-state index in [0.717, 1.165) is 5.56 Å². The van der Waals surface area contributed by atoms with Crippen LogP contribution in [0.4, 0.5) is 9.59 Å². The lowest BCUT2D eigenvalue weighted by molar-refractivity contribution is -0.139. The minimum absolute atomic E-state index is 0.243. The van der Waals surface area contributed by atoms with Crippen molar-refractivity contribution in [3.05, 3.63) is 35.9 Å². The molecule has 1 aromatic carbocycles. The average molecular weight is 379 g/mol. The van der Waals surface area contributed by atoms with Gasteiger partial charge in [0.2, 0.25) is 0 Å². The summed E-state index contributed by atoms with van der Waals surface area (Å²) in [7, 11) is 0. The second-order valence-corrected chi connectivity index (χ2v) is 7.77. The van der Waals surface area contributed by atoms with Crippen molar-refractivity contribution in [2.75, 3.05) is 0 Å². The van der Waals surface area contributed by atoms with Crippen molar-refractivity contribution in [1.29, 1.82) is 0 Å². The smallest absolute Gasteiger partial charge is 0.409 e. The summed E-state index contributed by atoms with van der Waals surface area (Å²) in [6.45, 7) is 8.31. The van der Waals surface area contributed by atoms with Crippen molar-refractivity contribution in [3.63, 3.8) is 0 Å². The van der Waals surface area contributed by atoms with Crippen LogP contribution in [0.15, 0.2) is 30.3 Å². The van der Waals surface area contributed by atoms with Crippen LogP contribution in [0.5, 0.6) is 0 Å². The Morgan fingerprint density at radius 1 is 1.04 bits per heavy atom. The van der Waals surface area contributed by atoms with Crippen molar-refractivity contribution in [2.24, 2.45) is 0 Å². The first-order valence-electron chi connectivity index (χ1n) is 8.74. The molecule has 8 nitrogen and oxygen atoms in total. The van der Waals surface area contributed by atoms with Crippen LogP contribution in [0.3, 0.4) is 0 Å². The number of benzene rings is 1. The first kappa shape index (κ1) is 22.3. The number of urea groups is 1. The van der Waals surface area contributed by atoms with Gasteiger partial charge in [-0.1, -0.05) is 30.3 Å². The van der Waals surface area contributed by atoms with Crippen LogP contribution in [0.2, 0.25) is 0 Å². The molecule has 0 heterocycles. The molecule has 8 heteroatoms. The van der Waals surface area contributed by atoms with Gasteiger partial charge in [-0.25, -0.2) is 14.4 Å². The number of hydrogen-bond acceptors (Lipinski definition) is 4. The highest BCUT2D eigenvalue weighted by Crippen LogP contribution is 2.09. The Morgan fingerprint density at radius 3 is 2.15 bits per heavy atom. The van der Waals surface area contributed by atoms with Gasteiger partial charge in [0.15, 0.2) is 0 Å². The highest BCUT2D eigenvalue weighted by molar-refractivity contribution is 5.83. The van der Waals surface area contributed by atoms with E-state index < -0.39 is 35.4 Å². The van der Waals surface area contributed by atoms with E-state index in [9.17, 15) is 19.5 Å². The molecule has 0 saturated carbocycles. The van der Waals surface area contributed by atoms with E-state index in [2.05, 4.69) is 16.0 Å². The summed E-state index contributed by atoms with van der Waals surface area (Å²) in [6, 6.07) is 7.66. The van der Waals surface area contributed by atoms with Gasteiger partial charge in [-0.2, -0.15) is 0 Å². The number of carbonyl (C=O) groups is 3. The van der Waals surface area contributed by atoms with Gasteiger partial charge >= 0.3 is 18.1 Å². The maximum atomic E-state index is 12.2. The molecular formula is C19H29N3O5. The number of amides is 3. The summed E-state index contributed by atoms with van der Waals surface area (Å²) < 4.78 is 5.15. The molecule has 27 heavy (non-hydrogen) atoms. The van der Waals surface area contributed by atoms with E-state index in [1.165, 1.54) is 0 Å². The maximum absolute atomic E-state index is 12.2. The normalized spacial score (nSPS) is 12.6. The molecule has 4 N–H and O–H groups in total. The summed E-state index contributed by atoms with van der Waals surface area (Å²) in [6.07, 6.45) is 0.0660. The lowest BCUT2D eigenvalue weighted by Gasteiger charge is -2.30. The molecule has 0 saturated heterocycles. The van der Waals surface area contributed by atoms with Crippen molar-refractivity contribution >= 4 is 18.1 Å². The van der Waals surface area contributed by atoms with E-state index in [1.807, 2.05) is 30.3 Å². The van der Waals surface area contributed by atoms with E-state index in [-0.39, 0.29) is 6.42 Å². The molecule has 0 fully saturated rings. The zero-order chi connectivity index (χ0) is 20.7. The maximum Gasteiger partial charge on any atom is 0.409 e. The lowest BCUT2D eigenvalue weighted by Crippen LogP contribution is -2.60. The highest BCUT2D eigenvalue weighted by Gasteiger charge is 2.28. The molecule has 0 aliphatic carbocycles. The largest absolute Gasteiger partial charge is 0.480 e. The number of rotatable bonds is 7. The molecule has 0 spiro atoms. The number of hydrogen-bond donors (Lipinski definition) is 4. The predicted molar refractivity (Wildman–Crippen MR) is 101 cm³/mol. The van der Waals surface area contributed by atoms with E-state index in [1.54, 1.807) is 34.6 Å². The van der Waals surface area contributed by atoms with Gasteiger partial charge in [0.1, 0.15) is 17.3 Å². The van der Waals surface area contributed by atoms with Crippen LogP contribution in [-0.4, -0.2) is 40.5 Å².